The van der Waals surface area contributed by atoms with Crippen LogP contribution >= 0.6 is 11.8 Å². The highest BCUT2D eigenvalue weighted by molar-refractivity contribution is 7.99. The number of amides is 1. The number of carbonyl (C=O) groups is 1. The Morgan fingerprint density at radius 3 is 2.43 bits per heavy atom. The lowest BCUT2D eigenvalue weighted by molar-refractivity contribution is 0.0935. The van der Waals surface area contributed by atoms with Crippen molar-refractivity contribution in [1.82, 2.24) is 5.32 Å². The number of sulfonamides is 1. The van der Waals surface area contributed by atoms with E-state index >= 15 is 0 Å². The Kier molecular flexibility index (Phi) is 5.78. The number of carbonyl (C=O) groups excluding carboxylic acids is 1. The maximum Gasteiger partial charge on any atom is 0.261 e. The van der Waals surface area contributed by atoms with Crippen molar-refractivity contribution in [1.29, 1.82) is 0 Å². The summed E-state index contributed by atoms with van der Waals surface area (Å²) >= 11 is 1.77. The lowest BCUT2D eigenvalue weighted by Gasteiger charge is -2.25. The van der Waals surface area contributed by atoms with Crippen LogP contribution in [-0.2, 0) is 10.0 Å². The van der Waals surface area contributed by atoms with Gasteiger partial charge in [-0.25, -0.2) is 12.8 Å². The molecule has 1 amide bonds. The third-order valence-electron chi connectivity index (χ3n) is 4.81. The number of fused-ring (bicyclic) bond motifs is 1. The molecule has 4 rings (SSSR count). The molecular weight excluding hydrogens is 423 g/mol. The molecule has 3 aromatic rings. The van der Waals surface area contributed by atoms with Crippen molar-refractivity contribution < 1.29 is 17.6 Å². The summed E-state index contributed by atoms with van der Waals surface area (Å²) < 4.78 is 41.0. The molecule has 30 heavy (non-hydrogen) atoms. The summed E-state index contributed by atoms with van der Waals surface area (Å²) in [6.07, 6.45) is 0.826. The smallest absolute Gasteiger partial charge is 0.261 e. The Bertz CT molecular complexity index is 1180. The molecule has 5 nitrogen and oxygen atoms in total. The van der Waals surface area contributed by atoms with E-state index in [4.69, 9.17) is 0 Å². The Morgan fingerprint density at radius 1 is 0.967 bits per heavy atom. The molecule has 0 bridgehead atoms. The molecule has 1 atom stereocenters. The zero-order chi connectivity index (χ0) is 21.1. The number of hydrogen-bond donors (Lipinski definition) is 2. The molecule has 0 aliphatic carbocycles. The number of halogens is 1. The molecule has 0 saturated carbocycles. The van der Waals surface area contributed by atoms with E-state index in [9.17, 15) is 17.6 Å². The lowest BCUT2D eigenvalue weighted by atomic mass is 10.0. The number of hydrogen-bond acceptors (Lipinski definition) is 4. The summed E-state index contributed by atoms with van der Waals surface area (Å²) in [6, 6.07) is 19.0. The zero-order valence-electron chi connectivity index (χ0n) is 15.8. The molecule has 0 saturated heterocycles. The molecular formula is C22H19FN2O3S2. The molecule has 0 aromatic heterocycles. The number of rotatable bonds is 5. The summed E-state index contributed by atoms with van der Waals surface area (Å²) in [5.41, 5.74) is 1.32. The Labute approximate surface area is 178 Å². The molecule has 0 fully saturated rings. The minimum absolute atomic E-state index is 0.0540. The van der Waals surface area contributed by atoms with Gasteiger partial charge in [0.25, 0.3) is 15.9 Å². The average Bonchev–Trinajstić information content (AvgIpc) is 2.75. The van der Waals surface area contributed by atoms with Gasteiger partial charge in [-0.05, 0) is 54.4 Å². The van der Waals surface area contributed by atoms with E-state index in [-0.39, 0.29) is 22.5 Å². The van der Waals surface area contributed by atoms with Crippen LogP contribution in [0.3, 0.4) is 0 Å². The number of nitrogens with one attached hydrogen (secondary N) is 2. The molecule has 0 spiro atoms. The standard InChI is InChI=1S/C22H19FN2O3S2/c23-18-6-2-3-7-20(18)25-30(27,28)16-11-9-15(10-12-16)22(26)24-19-13-14-29-21-8-4-1-5-17(19)21/h1-12,19,25H,13-14H2,(H,24,26). The molecule has 0 radical (unpaired) electrons. The van der Waals surface area contributed by atoms with Crippen molar-refractivity contribution in [2.24, 2.45) is 0 Å². The predicted molar refractivity (Wildman–Crippen MR) is 116 cm³/mol. The van der Waals surface area contributed by atoms with Crippen LogP contribution in [0, 0.1) is 5.82 Å². The van der Waals surface area contributed by atoms with Crippen LogP contribution < -0.4 is 10.0 Å². The Morgan fingerprint density at radius 2 is 1.67 bits per heavy atom. The monoisotopic (exact) mass is 442 g/mol. The van der Waals surface area contributed by atoms with Crippen LogP contribution in [0.5, 0.6) is 0 Å². The van der Waals surface area contributed by atoms with Gasteiger partial charge in [-0.15, -0.1) is 11.8 Å². The molecule has 3 aromatic carbocycles. The Balaban J connectivity index is 1.48. The molecule has 154 valence electrons. The minimum atomic E-state index is -3.97. The molecule has 1 heterocycles. The highest BCUT2D eigenvalue weighted by atomic mass is 32.2. The molecule has 8 heteroatoms. The maximum absolute atomic E-state index is 13.8. The number of anilines is 1. The van der Waals surface area contributed by atoms with Gasteiger partial charge in [-0.1, -0.05) is 30.3 Å². The van der Waals surface area contributed by atoms with Crippen molar-refractivity contribution in [3.8, 4) is 0 Å². The van der Waals surface area contributed by atoms with Crippen LogP contribution in [0.15, 0.2) is 82.6 Å². The molecule has 1 aliphatic heterocycles. The first kappa shape index (κ1) is 20.4. The topological polar surface area (TPSA) is 75.3 Å². The zero-order valence-corrected chi connectivity index (χ0v) is 17.5. The van der Waals surface area contributed by atoms with E-state index in [1.165, 1.54) is 48.5 Å². The minimum Gasteiger partial charge on any atom is -0.345 e. The second kappa shape index (κ2) is 8.49. The van der Waals surface area contributed by atoms with Crippen molar-refractivity contribution in [3.63, 3.8) is 0 Å². The predicted octanol–water partition coefficient (Wildman–Crippen LogP) is 4.59. The highest BCUT2D eigenvalue weighted by Gasteiger charge is 2.23. The summed E-state index contributed by atoms with van der Waals surface area (Å²) in [5.74, 6) is -0.0170. The SMILES string of the molecule is O=C(NC1CCSc2ccccc21)c1ccc(S(=O)(=O)Nc2ccccc2F)cc1. The van der Waals surface area contributed by atoms with Gasteiger partial charge in [0.2, 0.25) is 0 Å². The third-order valence-corrected chi connectivity index (χ3v) is 7.31. The van der Waals surface area contributed by atoms with Gasteiger partial charge in [0.15, 0.2) is 0 Å². The molecule has 1 unspecified atom stereocenters. The largest absolute Gasteiger partial charge is 0.345 e. The molecule has 2 N–H and O–H groups in total. The quantitative estimate of drug-likeness (QED) is 0.606. The number of para-hydroxylation sites is 1. The fourth-order valence-corrected chi connectivity index (χ4v) is 5.46. The van der Waals surface area contributed by atoms with Gasteiger partial charge in [-0.3, -0.25) is 9.52 Å². The van der Waals surface area contributed by atoms with E-state index in [0.717, 1.165) is 22.6 Å². The molecule has 1 aliphatic rings. The van der Waals surface area contributed by atoms with Gasteiger partial charge in [-0.2, -0.15) is 0 Å². The van der Waals surface area contributed by atoms with Crippen molar-refractivity contribution in [2.45, 2.75) is 22.3 Å². The first-order chi connectivity index (χ1) is 14.4. The first-order valence-corrected chi connectivity index (χ1v) is 11.8. The van der Waals surface area contributed by atoms with E-state index in [2.05, 4.69) is 10.0 Å². The summed E-state index contributed by atoms with van der Waals surface area (Å²) in [6.45, 7) is 0. The van der Waals surface area contributed by atoms with Gasteiger partial charge in [0.1, 0.15) is 5.82 Å². The summed E-state index contributed by atoms with van der Waals surface area (Å²) in [4.78, 5) is 13.8. The van der Waals surface area contributed by atoms with E-state index in [0.29, 0.717) is 5.56 Å². The number of thioether (sulfide) groups is 1. The second-order valence-corrected chi connectivity index (χ2v) is 9.63. The van der Waals surface area contributed by atoms with E-state index in [1.54, 1.807) is 11.8 Å². The van der Waals surface area contributed by atoms with Crippen LogP contribution in [0.1, 0.15) is 28.4 Å². The van der Waals surface area contributed by atoms with Gasteiger partial charge in [0.05, 0.1) is 16.6 Å². The fourth-order valence-electron chi connectivity index (χ4n) is 3.27. The highest BCUT2D eigenvalue weighted by Crippen LogP contribution is 2.35. The summed E-state index contributed by atoms with van der Waals surface area (Å²) in [5, 5.41) is 3.03. The Hall–Kier alpha value is -2.84. The average molecular weight is 443 g/mol. The third kappa shape index (κ3) is 4.34. The summed E-state index contributed by atoms with van der Waals surface area (Å²) in [7, 11) is -3.97. The fraction of sp³-hybridized carbons (Fsp3) is 0.136. The van der Waals surface area contributed by atoms with Crippen LogP contribution in [0.25, 0.3) is 0 Å². The first-order valence-electron chi connectivity index (χ1n) is 9.34. The van der Waals surface area contributed by atoms with E-state index in [1.807, 2.05) is 24.3 Å². The maximum atomic E-state index is 13.8. The normalized spacial score (nSPS) is 15.8. The van der Waals surface area contributed by atoms with Gasteiger partial charge >= 0.3 is 0 Å². The van der Waals surface area contributed by atoms with Gasteiger partial charge < -0.3 is 5.32 Å². The van der Waals surface area contributed by atoms with E-state index < -0.39 is 15.8 Å². The lowest BCUT2D eigenvalue weighted by Crippen LogP contribution is -2.30. The van der Waals surface area contributed by atoms with Crippen molar-refractivity contribution >= 4 is 33.4 Å². The van der Waals surface area contributed by atoms with Crippen LogP contribution in [0.4, 0.5) is 10.1 Å². The van der Waals surface area contributed by atoms with Crippen LogP contribution in [-0.4, -0.2) is 20.1 Å². The number of benzene rings is 3. The van der Waals surface area contributed by atoms with Crippen LogP contribution in [0.2, 0.25) is 0 Å². The van der Waals surface area contributed by atoms with Gasteiger partial charge in [0, 0.05) is 16.2 Å². The van der Waals surface area contributed by atoms with Crippen molar-refractivity contribution in [2.75, 3.05) is 10.5 Å². The second-order valence-electron chi connectivity index (χ2n) is 6.81. The van der Waals surface area contributed by atoms with Crippen molar-refractivity contribution in [3.05, 3.63) is 89.7 Å².